The van der Waals surface area contributed by atoms with Gasteiger partial charge in [0.05, 0.1) is 0 Å². The Kier molecular flexibility index (Phi) is 4.21. The van der Waals surface area contributed by atoms with Crippen LogP contribution in [-0.4, -0.2) is 24.8 Å². The lowest BCUT2D eigenvalue weighted by Gasteiger charge is -2.27. The van der Waals surface area contributed by atoms with E-state index in [1.165, 1.54) is 16.5 Å². The van der Waals surface area contributed by atoms with E-state index < -0.39 is 0 Å². The summed E-state index contributed by atoms with van der Waals surface area (Å²) in [5, 5.41) is 11.8. The lowest BCUT2D eigenvalue weighted by Crippen LogP contribution is -2.29. The summed E-state index contributed by atoms with van der Waals surface area (Å²) in [6.45, 7) is 6.32. The number of anilines is 1. The zero-order chi connectivity index (χ0) is 13.0. The van der Waals surface area contributed by atoms with Gasteiger partial charge in [-0.25, -0.2) is 0 Å². The molecule has 18 heavy (non-hydrogen) atoms. The second kappa shape index (κ2) is 5.87. The van der Waals surface area contributed by atoms with Crippen LogP contribution in [0.25, 0.3) is 10.8 Å². The van der Waals surface area contributed by atoms with Crippen LogP contribution in [0.5, 0.6) is 0 Å². The van der Waals surface area contributed by atoms with Gasteiger partial charge in [-0.15, -0.1) is 0 Å². The van der Waals surface area contributed by atoms with Crippen molar-refractivity contribution in [3.05, 3.63) is 42.5 Å². The van der Waals surface area contributed by atoms with E-state index in [4.69, 9.17) is 0 Å². The first-order valence-corrected chi connectivity index (χ1v) is 6.59. The van der Waals surface area contributed by atoms with Crippen LogP contribution in [-0.2, 0) is 0 Å². The lowest BCUT2D eigenvalue weighted by molar-refractivity contribution is 0.239. The first kappa shape index (κ1) is 12.9. The molecule has 2 nitrogen and oxygen atoms in total. The van der Waals surface area contributed by atoms with Crippen molar-refractivity contribution in [3.8, 4) is 0 Å². The number of aliphatic hydroxyl groups excluding tert-OH is 1. The van der Waals surface area contributed by atoms with Crippen LogP contribution < -0.4 is 4.90 Å². The summed E-state index contributed by atoms with van der Waals surface area (Å²) in [6, 6.07) is 14.9. The number of benzene rings is 2. The maximum atomic E-state index is 9.21. The van der Waals surface area contributed by atoms with Crippen LogP contribution >= 0.6 is 0 Å². The Morgan fingerprint density at radius 1 is 1.11 bits per heavy atom. The number of hydrogen-bond donors (Lipinski definition) is 1. The maximum absolute atomic E-state index is 9.21. The van der Waals surface area contributed by atoms with Crippen LogP contribution in [0.2, 0.25) is 0 Å². The number of rotatable bonds is 5. The Bertz CT molecular complexity index is 504. The molecule has 0 spiro atoms. The molecule has 0 saturated heterocycles. The topological polar surface area (TPSA) is 23.5 Å². The monoisotopic (exact) mass is 243 g/mol. The summed E-state index contributed by atoms with van der Waals surface area (Å²) in [7, 11) is 0. The molecule has 2 aromatic carbocycles. The van der Waals surface area contributed by atoms with E-state index in [2.05, 4.69) is 61.2 Å². The van der Waals surface area contributed by atoms with Crippen molar-refractivity contribution in [2.24, 2.45) is 5.92 Å². The lowest BCUT2D eigenvalue weighted by atomic mass is 10.1. The van der Waals surface area contributed by atoms with Crippen LogP contribution in [0, 0.1) is 5.92 Å². The minimum absolute atomic E-state index is 0.237. The van der Waals surface area contributed by atoms with Gasteiger partial charge in [-0.1, -0.05) is 43.3 Å². The molecule has 0 heterocycles. The fraction of sp³-hybridized carbons (Fsp3) is 0.375. The molecule has 2 rings (SSSR count). The number of hydrogen-bond acceptors (Lipinski definition) is 2. The van der Waals surface area contributed by atoms with Crippen LogP contribution in [0.15, 0.2) is 42.5 Å². The largest absolute Gasteiger partial charge is 0.396 e. The van der Waals surface area contributed by atoms with E-state index in [1.807, 2.05) is 0 Å². The van der Waals surface area contributed by atoms with Crippen molar-refractivity contribution in [1.82, 2.24) is 0 Å². The molecule has 0 fully saturated rings. The molecule has 1 atom stereocenters. The average Bonchev–Trinajstić information content (AvgIpc) is 2.44. The van der Waals surface area contributed by atoms with Gasteiger partial charge in [-0.2, -0.15) is 0 Å². The molecule has 0 bridgehead atoms. The van der Waals surface area contributed by atoms with Crippen molar-refractivity contribution in [1.29, 1.82) is 0 Å². The molecule has 0 amide bonds. The first-order valence-electron chi connectivity index (χ1n) is 6.59. The highest BCUT2D eigenvalue weighted by Gasteiger charge is 2.11. The molecular weight excluding hydrogens is 222 g/mol. The minimum Gasteiger partial charge on any atom is -0.396 e. The summed E-state index contributed by atoms with van der Waals surface area (Å²) in [5.41, 5.74) is 1.26. The number of fused-ring (bicyclic) bond motifs is 1. The highest BCUT2D eigenvalue weighted by molar-refractivity contribution is 5.94. The average molecular weight is 243 g/mol. The van der Waals surface area contributed by atoms with Crippen LogP contribution in [0.4, 0.5) is 5.69 Å². The predicted molar refractivity (Wildman–Crippen MR) is 78.1 cm³/mol. The van der Waals surface area contributed by atoms with E-state index in [9.17, 15) is 5.11 Å². The van der Waals surface area contributed by atoms with E-state index >= 15 is 0 Å². The predicted octanol–water partition coefficient (Wildman–Crippen LogP) is 3.29. The normalized spacial score (nSPS) is 12.6. The van der Waals surface area contributed by atoms with Gasteiger partial charge in [-0.05, 0) is 24.3 Å². The number of nitrogens with zero attached hydrogens (tertiary/aromatic N) is 1. The molecule has 0 aliphatic heterocycles. The number of aliphatic hydroxyl groups is 1. The first-order chi connectivity index (χ1) is 8.76. The molecule has 0 radical (unpaired) electrons. The fourth-order valence-corrected chi connectivity index (χ4v) is 2.32. The molecular formula is C16H21NO. The smallest absolute Gasteiger partial charge is 0.0473 e. The van der Waals surface area contributed by atoms with Crippen molar-refractivity contribution in [2.75, 3.05) is 24.6 Å². The zero-order valence-corrected chi connectivity index (χ0v) is 11.1. The van der Waals surface area contributed by atoms with Gasteiger partial charge in [0.1, 0.15) is 0 Å². The third-order valence-electron chi connectivity index (χ3n) is 3.33. The van der Waals surface area contributed by atoms with Gasteiger partial charge in [0.2, 0.25) is 0 Å². The molecule has 0 aliphatic carbocycles. The Morgan fingerprint density at radius 3 is 2.56 bits per heavy atom. The molecule has 2 heteroatoms. The molecule has 0 aliphatic rings. The molecule has 0 saturated carbocycles. The second-order valence-corrected chi connectivity index (χ2v) is 4.82. The third kappa shape index (κ3) is 2.65. The fourth-order valence-electron chi connectivity index (χ4n) is 2.32. The Hall–Kier alpha value is -1.54. The van der Waals surface area contributed by atoms with Crippen LogP contribution in [0.3, 0.4) is 0 Å². The molecule has 1 N–H and O–H groups in total. The van der Waals surface area contributed by atoms with Crippen LogP contribution in [0.1, 0.15) is 13.8 Å². The summed E-state index contributed by atoms with van der Waals surface area (Å²) < 4.78 is 0. The summed E-state index contributed by atoms with van der Waals surface area (Å²) in [4.78, 5) is 2.34. The molecule has 2 aromatic rings. The quantitative estimate of drug-likeness (QED) is 0.871. The standard InChI is InChI=1S/C16H21NO/c1-3-17(11-13(2)12-18)16-10-6-8-14-7-4-5-9-15(14)16/h4-10,13,18H,3,11-12H2,1-2H3. The Labute approximate surface area is 109 Å². The Morgan fingerprint density at radius 2 is 1.83 bits per heavy atom. The van der Waals surface area contributed by atoms with Gasteiger partial charge in [0, 0.05) is 30.8 Å². The van der Waals surface area contributed by atoms with E-state index in [-0.39, 0.29) is 6.61 Å². The zero-order valence-electron chi connectivity index (χ0n) is 11.1. The maximum Gasteiger partial charge on any atom is 0.0473 e. The molecule has 96 valence electrons. The highest BCUT2D eigenvalue weighted by atomic mass is 16.3. The van der Waals surface area contributed by atoms with Gasteiger partial charge >= 0.3 is 0 Å². The second-order valence-electron chi connectivity index (χ2n) is 4.82. The van der Waals surface area contributed by atoms with Gasteiger partial charge in [-0.3, -0.25) is 0 Å². The van der Waals surface area contributed by atoms with Gasteiger partial charge < -0.3 is 10.0 Å². The summed E-state index contributed by atoms with van der Waals surface area (Å²) in [6.07, 6.45) is 0. The third-order valence-corrected chi connectivity index (χ3v) is 3.33. The summed E-state index contributed by atoms with van der Waals surface area (Å²) >= 11 is 0. The molecule has 1 unspecified atom stereocenters. The van der Waals surface area contributed by atoms with E-state index in [0.717, 1.165) is 13.1 Å². The summed E-state index contributed by atoms with van der Waals surface area (Å²) in [5.74, 6) is 0.295. The van der Waals surface area contributed by atoms with Crippen molar-refractivity contribution < 1.29 is 5.11 Å². The van der Waals surface area contributed by atoms with Crippen molar-refractivity contribution in [2.45, 2.75) is 13.8 Å². The SMILES string of the molecule is CCN(CC(C)CO)c1cccc2ccccc12. The highest BCUT2D eigenvalue weighted by Crippen LogP contribution is 2.27. The Balaban J connectivity index is 2.38. The molecule has 0 aromatic heterocycles. The van der Waals surface area contributed by atoms with Crippen molar-refractivity contribution >= 4 is 16.5 Å². The minimum atomic E-state index is 0.237. The van der Waals surface area contributed by atoms with Crippen molar-refractivity contribution in [3.63, 3.8) is 0 Å². The van der Waals surface area contributed by atoms with E-state index in [1.54, 1.807) is 0 Å². The van der Waals surface area contributed by atoms with Gasteiger partial charge in [0.15, 0.2) is 0 Å². The van der Waals surface area contributed by atoms with E-state index in [0.29, 0.717) is 5.92 Å². The van der Waals surface area contributed by atoms with Gasteiger partial charge in [0.25, 0.3) is 0 Å².